The van der Waals surface area contributed by atoms with Gasteiger partial charge in [0, 0.05) is 0 Å². The lowest BCUT2D eigenvalue weighted by atomic mass is 10.2. The smallest absolute Gasteiger partial charge is 0.148 e. The minimum absolute atomic E-state index is 0.252. The van der Waals surface area contributed by atoms with Gasteiger partial charge < -0.3 is 4.74 Å². The largest absolute Gasteiger partial charge is 0.480 e. The van der Waals surface area contributed by atoms with Crippen molar-refractivity contribution in [3.8, 4) is 24.2 Å². The van der Waals surface area contributed by atoms with Gasteiger partial charge in [-0.1, -0.05) is 5.92 Å². The van der Waals surface area contributed by atoms with Crippen LogP contribution in [0.1, 0.15) is 5.56 Å². The van der Waals surface area contributed by atoms with Gasteiger partial charge in [-0.25, -0.2) is 0 Å². The van der Waals surface area contributed by atoms with Gasteiger partial charge in [-0.05, 0) is 40.8 Å². The zero-order chi connectivity index (χ0) is 9.68. The maximum atomic E-state index is 8.60. The molecule has 0 fully saturated rings. The normalized spacial score (nSPS) is 8.54. The third-order valence-electron chi connectivity index (χ3n) is 1.37. The third kappa shape index (κ3) is 2.64. The molecule has 0 aromatic heterocycles. The lowest BCUT2D eigenvalue weighted by Crippen LogP contribution is -1.95. The van der Waals surface area contributed by atoms with Crippen molar-refractivity contribution in [1.82, 2.24) is 0 Å². The van der Waals surface area contributed by atoms with Gasteiger partial charge >= 0.3 is 0 Å². The van der Waals surface area contributed by atoms with Gasteiger partial charge in [0.1, 0.15) is 12.4 Å². The maximum Gasteiger partial charge on any atom is 0.148 e. The Bertz CT molecular complexity index is 387. The summed E-state index contributed by atoms with van der Waals surface area (Å²) in [6.45, 7) is 0.252. The molecule has 0 aliphatic rings. The van der Waals surface area contributed by atoms with Gasteiger partial charge in [0.2, 0.25) is 0 Å². The first kappa shape index (κ1) is 9.88. The van der Waals surface area contributed by atoms with Crippen LogP contribution in [-0.2, 0) is 0 Å². The molecular formula is C10H6INO. The van der Waals surface area contributed by atoms with Crippen molar-refractivity contribution in [2.75, 3.05) is 6.61 Å². The fourth-order valence-electron chi connectivity index (χ4n) is 0.807. The van der Waals surface area contributed by atoms with E-state index in [0.29, 0.717) is 5.56 Å². The molecular weight excluding hydrogens is 277 g/mol. The fourth-order valence-corrected chi connectivity index (χ4v) is 1.48. The summed E-state index contributed by atoms with van der Waals surface area (Å²) >= 11 is 2.10. The number of halogens is 1. The molecule has 0 spiro atoms. The van der Waals surface area contributed by atoms with E-state index in [9.17, 15) is 0 Å². The minimum atomic E-state index is 0.252. The van der Waals surface area contributed by atoms with Crippen LogP contribution in [0.25, 0.3) is 0 Å². The zero-order valence-corrected chi connectivity index (χ0v) is 8.91. The Morgan fingerprint density at radius 2 is 2.31 bits per heavy atom. The van der Waals surface area contributed by atoms with Crippen LogP contribution in [0.3, 0.4) is 0 Å². The number of hydrogen-bond acceptors (Lipinski definition) is 2. The first-order chi connectivity index (χ1) is 6.27. The molecule has 0 N–H and O–H groups in total. The van der Waals surface area contributed by atoms with Crippen molar-refractivity contribution in [3.05, 3.63) is 27.3 Å². The number of hydrogen-bond donors (Lipinski definition) is 0. The molecule has 13 heavy (non-hydrogen) atoms. The average molecular weight is 283 g/mol. The van der Waals surface area contributed by atoms with E-state index >= 15 is 0 Å². The molecule has 0 bridgehead atoms. The Hall–Kier alpha value is -1.20. The molecule has 1 rings (SSSR count). The highest BCUT2D eigenvalue weighted by Crippen LogP contribution is 2.21. The molecule has 2 nitrogen and oxygen atoms in total. The van der Waals surface area contributed by atoms with Gasteiger partial charge in [0.15, 0.2) is 0 Å². The second-order valence-electron chi connectivity index (χ2n) is 2.25. The van der Waals surface area contributed by atoms with Gasteiger partial charge in [0.05, 0.1) is 15.2 Å². The van der Waals surface area contributed by atoms with Crippen molar-refractivity contribution in [1.29, 1.82) is 5.26 Å². The van der Waals surface area contributed by atoms with E-state index in [1.165, 1.54) is 0 Å². The Kier molecular flexibility index (Phi) is 3.60. The van der Waals surface area contributed by atoms with Crippen LogP contribution in [0.4, 0.5) is 0 Å². The molecule has 0 radical (unpaired) electrons. The highest BCUT2D eigenvalue weighted by atomic mass is 127. The SMILES string of the molecule is C#CCOc1ccc(C#N)cc1I. The summed E-state index contributed by atoms with van der Waals surface area (Å²) in [4.78, 5) is 0. The molecule has 0 aliphatic carbocycles. The first-order valence-corrected chi connectivity index (χ1v) is 4.61. The van der Waals surface area contributed by atoms with Crippen LogP contribution in [-0.4, -0.2) is 6.61 Å². The molecule has 0 unspecified atom stereocenters. The fraction of sp³-hybridized carbons (Fsp3) is 0.100. The quantitative estimate of drug-likeness (QED) is 0.615. The van der Waals surface area contributed by atoms with Crippen LogP contribution >= 0.6 is 22.6 Å². The van der Waals surface area contributed by atoms with E-state index in [-0.39, 0.29) is 6.61 Å². The standard InChI is InChI=1S/C10H6INO/c1-2-5-13-10-4-3-8(7-12)6-9(10)11/h1,3-4,6H,5H2. The monoisotopic (exact) mass is 283 g/mol. The zero-order valence-electron chi connectivity index (χ0n) is 6.75. The van der Waals surface area contributed by atoms with Crippen LogP contribution in [0, 0.1) is 27.2 Å². The number of rotatable bonds is 2. The van der Waals surface area contributed by atoms with Crippen molar-refractivity contribution in [2.45, 2.75) is 0 Å². The van der Waals surface area contributed by atoms with Crippen molar-refractivity contribution in [2.24, 2.45) is 0 Å². The van der Waals surface area contributed by atoms with Crippen molar-refractivity contribution >= 4 is 22.6 Å². The Morgan fingerprint density at radius 3 is 2.85 bits per heavy atom. The van der Waals surface area contributed by atoms with E-state index < -0.39 is 0 Å². The highest BCUT2D eigenvalue weighted by molar-refractivity contribution is 14.1. The van der Waals surface area contributed by atoms with Gasteiger partial charge in [-0.2, -0.15) is 5.26 Å². The highest BCUT2D eigenvalue weighted by Gasteiger charge is 2.00. The Labute approximate surface area is 90.7 Å². The number of terminal acetylenes is 1. The van der Waals surface area contributed by atoms with Crippen LogP contribution < -0.4 is 4.74 Å². The lowest BCUT2D eigenvalue weighted by Gasteiger charge is -2.04. The molecule has 0 saturated carbocycles. The van der Waals surface area contributed by atoms with Crippen molar-refractivity contribution in [3.63, 3.8) is 0 Å². The summed E-state index contributed by atoms with van der Waals surface area (Å²) < 4.78 is 6.13. The summed E-state index contributed by atoms with van der Waals surface area (Å²) in [5, 5.41) is 8.60. The third-order valence-corrected chi connectivity index (χ3v) is 2.21. The van der Waals surface area contributed by atoms with Crippen LogP contribution in [0.15, 0.2) is 18.2 Å². The summed E-state index contributed by atoms with van der Waals surface area (Å²) in [6, 6.07) is 7.26. The molecule has 0 heterocycles. The van der Waals surface area contributed by atoms with Crippen LogP contribution in [0.5, 0.6) is 5.75 Å². The second kappa shape index (κ2) is 4.74. The van der Waals surface area contributed by atoms with E-state index in [1.54, 1.807) is 18.2 Å². The summed E-state index contributed by atoms with van der Waals surface area (Å²) in [5.41, 5.74) is 0.623. The number of benzene rings is 1. The van der Waals surface area contributed by atoms with Gasteiger partial charge in [-0.3, -0.25) is 0 Å². The topological polar surface area (TPSA) is 33.0 Å². The summed E-state index contributed by atoms with van der Waals surface area (Å²) in [7, 11) is 0. The van der Waals surface area contributed by atoms with E-state index in [1.807, 2.05) is 0 Å². The van der Waals surface area contributed by atoms with E-state index in [2.05, 4.69) is 34.6 Å². The average Bonchev–Trinajstić information content (AvgIpc) is 2.16. The minimum Gasteiger partial charge on any atom is -0.480 e. The molecule has 1 aromatic rings. The predicted molar refractivity (Wildman–Crippen MR) is 58.2 cm³/mol. The predicted octanol–water partition coefficient (Wildman–Crippen LogP) is 2.17. The van der Waals surface area contributed by atoms with E-state index in [4.69, 9.17) is 16.4 Å². The molecule has 0 aliphatic heterocycles. The Morgan fingerprint density at radius 1 is 1.54 bits per heavy atom. The first-order valence-electron chi connectivity index (χ1n) is 3.54. The lowest BCUT2D eigenvalue weighted by molar-refractivity contribution is 0.368. The number of nitrogens with zero attached hydrogens (tertiary/aromatic N) is 1. The van der Waals surface area contributed by atoms with Crippen molar-refractivity contribution < 1.29 is 4.74 Å². The number of nitriles is 1. The van der Waals surface area contributed by atoms with E-state index in [0.717, 1.165) is 9.32 Å². The molecule has 64 valence electrons. The summed E-state index contributed by atoms with van der Waals surface area (Å²) in [5.74, 6) is 3.10. The summed E-state index contributed by atoms with van der Waals surface area (Å²) in [6.07, 6.45) is 5.05. The van der Waals surface area contributed by atoms with Gasteiger partial charge in [0.25, 0.3) is 0 Å². The molecule has 1 aromatic carbocycles. The maximum absolute atomic E-state index is 8.60. The Balaban J connectivity index is 2.88. The number of ether oxygens (including phenoxy) is 1. The molecule has 0 saturated heterocycles. The molecule has 0 atom stereocenters. The molecule has 3 heteroatoms. The molecule has 0 amide bonds. The van der Waals surface area contributed by atoms with Gasteiger partial charge in [-0.15, -0.1) is 6.42 Å². The second-order valence-corrected chi connectivity index (χ2v) is 3.41. The van der Waals surface area contributed by atoms with Crippen LogP contribution in [0.2, 0.25) is 0 Å².